The maximum atomic E-state index is 13.7. The molecule has 4 fully saturated rings. The number of fused-ring (bicyclic) bond motifs is 4. The van der Waals surface area contributed by atoms with Gasteiger partial charge in [0.05, 0.1) is 36.8 Å². The fourth-order valence-corrected chi connectivity index (χ4v) is 12.1. The third kappa shape index (κ3) is 7.92. The summed E-state index contributed by atoms with van der Waals surface area (Å²) in [5.74, 6) is 1.21. The highest BCUT2D eigenvalue weighted by Gasteiger charge is 2.52. The van der Waals surface area contributed by atoms with Crippen molar-refractivity contribution >= 4 is 33.2 Å². The first-order valence-corrected chi connectivity index (χ1v) is 22.9. The number of nitrogens with zero attached hydrogens (tertiary/aromatic N) is 3. The smallest absolute Gasteiger partial charge is 0.264 e. The molecule has 1 amide bonds. The van der Waals surface area contributed by atoms with Gasteiger partial charge in [-0.3, -0.25) is 14.6 Å². The van der Waals surface area contributed by atoms with Crippen molar-refractivity contribution in [3.05, 3.63) is 59.2 Å². The fraction of sp³-hybridized carbons (Fsp3) is 0.698. The summed E-state index contributed by atoms with van der Waals surface area (Å²) in [5, 5.41) is 0.0357. The molecule has 2 saturated heterocycles. The highest BCUT2D eigenvalue weighted by molar-refractivity contribution is 7.90. The lowest BCUT2D eigenvalue weighted by Gasteiger charge is -2.53. The minimum atomic E-state index is -3.96. The van der Waals surface area contributed by atoms with Crippen LogP contribution in [0.2, 0.25) is 0 Å². The monoisotopic (exact) mass is 796 g/mol. The first-order valence-electron chi connectivity index (χ1n) is 21.0. The maximum absolute atomic E-state index is 13.7. The number of carbonyl (C=O) groups is 1. The van der Waals surface area contributed by atoms with Crippen LogP contribution in [0.4, 0.5) is 5.69 Å². The van der Waals surface area contributed by atoms with E-state index in [1.165, 1.54) is 0 Å². The first kappa shape index (κ1) is 39.4. The number of sulfonamides is 1. The van der Waals surface area contributed by atoms with Crippen LogP contribution in [0.1, 0.15) is 76.1 Å². The highest BCUT2D eigenvalue weighted by atomic mass is 35.5. The molecule has 1 aromatic rings. The molecule has 1 N–H and O–H groups in total. The predicted molar refractivity (Wildman–Crippen MR) is 217 cm³/mol. The molecule has 2 saturated carbocycles. The number of halogens is 1. The zero-order chi connectivity index (χ0) is 38.4. The van der Waals surface area contributed by atoms with Crippen LogP contribution in [0, 0.1) is 35.0 Å². The Labute approximate surface area is 333 Å². The Balaban J connectivity index is 1.17. The van der Waals surface area contributed by atoms with Crippen molar-refractivity contribution in [2.24, 2.45) is 35.0 Å². The van der Waals surface area contributed by atoms with Crippen molar-refractivity contribution in [1.82, 2.24) is 14.5 Å². The largest absolute Gasteiger partial charge is 0.491 e. The molecule has 8 rings (SSSR count). The number of hydrogen-bond acceptors (Lipinski definition) is 9. The number of allylic oxidation sites excluding steroid dienone is 5. The van der Waals surface area contributed by atoms with Crippen LogP contribution in [-0.4, -0.2) is 113 Å². The predicted octanol–water partition coefficient (Wildman–Crippen LogP) is 6.23. The van der Waals surface area contributed by atoms with Gasteiger partial charge in [-0.2, -0.15) is 0 Å². The number of anilines is 1. The second-order valence-electron chi connectivity index (χ2n) is 17.8. The van der Waals surface area contributed by atoms with Crippen molar-refractivity contribution in [3.63, 3.8) is 0 Å². The number of benzene rings is 1. The molecule has 2 unspecified atom stereocenters. The Hall–Kier alpha value is -2.41. The second kappa shape index (κ2) is 16.1. The lowest BCUT2D eigenvalue weighted by atomic mass is 9.60. The molecule has 0 radical (unpaired) electrons. The molecular weight excluding hydrogens is 736 g/mol. The molecule has 4 heterocycles. The van der Waals surface area contributed by atoms with Crippen LogP contribution in [0.3, 0.4) is 0 Å². The third-order valence-corrected chi connectivity index (χ3v) is 16.5. The van der Waals surface area contributed by atoms with Gasteiger partial charge in [-0.05, 0) is 99.3 Å². The molecule has 4 aliphatic heterocycles. The number of nitrogens with one attached hydrogen (secondary N) is 1. The molecule has 302 valence electrons. The van der Waals surface area contributed by atoms with Crippen LogP contribution in [-0.2, 0) is 19.5 Å². The van der Waals surface area contributed by atoms with Crippen molar-refractivity contribution in [3.8, 4) is 5.75 Å². The molecule has 0 aromatic heterocycles. The average Bonchev–Trinajstić information content (AvgIpc) is 3.28. The minimum Gasteiger partial charge on any atom is -0.491 e. The summed E-state index contributed by atoms with van der Waals surface area (Å²) < 4.78 is 49.3. The molecule has 12 heteroatoms. The van der Waals surface area contributed by atoms with E-state index in [0.29, 0.717) is 43.1 Å². The quantitative estimate of drug-likeness (QED) is 0.336. The van der Waals surface area contributed by atoms with E-state index in [0.717, 1.165) is 114 Å². The molecule has 1 spiro atoms. The summed E-state index contributed by atoms with van der Waals surface area (Å²) in [4.78, 5) is 21.4. The van der Waals surface area contributed by atoms with Gasteiger partial charge < -0.3 is 19.1 Å². The first-order chi connectivity index (χ1) is 26.5. The summed E-state index contributed by atoms with van der Waals surface area (Å²) in [5.41, 5.74) is 0.529. The van der Waals surface area contributed by atoms with Gasteiger partial charge in [0.1, 0.15) is 11.4 Å². The van der Waals surface area contributed by atoms with Gasteiger partial charge in [-0.1, -0.05) is 56.2 Å². The number of piperazine rings is 1. The van der Waals surface area contributed by atoms with E-state index in [1.807, 2.05) is 19.1 Å². The molecule has 55 heavy (non-hydrogen) atoms. The lowest BCUT2D eigenvalue weighted by molar-refractivity contribution is -0.122. The molecule has 7 aliphatic rings. The molecule has 3 aliphatic carbocycles. The van der Waals surface area contributed by atoms with Gasteiger partial charge in [0, 0.05) is 68.4 Å². The number of ether oxygens (including phenoxy) is 3. The van der Waals surface area contributed by atoms with Crippen LogP contribution in [0.25, 0.3) is 0 Å². The Morgan fingerprint density at radius 2 is 1.91 bits per heavy atom. The Bertz CT molecular complexity index is 1780. The minimum absolute atomic E-state index is 0.148. The molecular formula is C43H61ClN4O6S. The second-order valence-corrected chi connectivity index (χ2v) is 20.2. The summed E-state index contributed by atoms with van der Waals surface area (Å²) >= 11 is 6.56. The van der Waals surface area contributed by atoms with Crippen LogP contribution in [0.5, 0.6) is 5.75 Å². The van der Waals surface area contributed by atoms with Gasteiger partial charge >= 0.3 is 0 Å². The SMILES string of the molecule is CCCO[C@]1(CN2CCN(C3COC3)CC2)/C=C/C[C@H](C)[C@@H](C)S(=O)(=O)NC(=O)c2ccc3c(c2)N(C[C@@H]2CC[C@H]21)C[C@@]1(CCCC2C=C(Cl)C=CC21)CO3. The van der Waals surface area contributed by atoms with E-state index in [2.05, 4.69) is 56.7 Å². The van der Waals surface area contributed by atoms with Crippen LogP contribution < -0.4 is 14.4 Å². The number of rotatable bonds is 6. The molecule has 2 bridgehead atoms. The molecule has 1 aromatic carbocycles. The van der Waals surface area contributed by atoms with Crippen LogP contribution in [0.15, 0.2) is 53.6 Å². The summed E-state index contributed by atoms with van der Waals surface area (Å²) in [6.45, 7) is 15.2. The summed E-state index contributed by atoms with van der Waals surface area (Å²) in [6.07, 6.45) is 18.0. The Morgan fingerprint density at radius 3 is 2.64 bits per heavy atom. The maximum Gasteiger partial charge on any atom is 0.264 e. The zero-order valence-corrected chi connectivity index (χ0v) is 34.5. The zero-order valence-electron chi connectivity index (χ0n) is 33.0. The van der Waals surface area contributed by atoms with E-state index in [-0.39, 0.29) is 23.2 Å². The van der Waals surface area contributed by atoms with E-state index >= 15 is 0 Å². The van der Waals surface area contributed by atoms with Crippen LogP contribution >= 0.6 is 11.6 Å². The van der Waals surface area contributed by atoms with Crippen molar-refractivity contribution in [2.75, 3.05) is 77.1 Å². The number of amides is 1. The van der Waals surface area contributed by atoms with E-state index in [1.54, 1.807) is 13.0 Å². The average molecular weight is 798 g/mol. The van der Waals surface area contributed by atoms with E-state index in [9.17, 15) is 13.2 Å². The van der Waals surface area contributed by atoms with Gasteiger partial charge in [0.15, 0.2) is 0 Å². The Kier molecular flexibility index (Phi) is 11.5. The van der Waals surface area contributed by atoms with Crippen molar-refractivity contribution in [2.45, 2.75) is 82.6 Å². The highest BCUT2D eigenvalue weighted by Crippen LogP contribution is 2.53. The fourth-order valence-electron chi connectivity index (χ4n) is 10.6. The molecule has 10 nitrogen and oxygen atoms in total. The number of carbonyl (C=O) groups excluding carboxylic acids is 1. The normalized spacial score (nSPS) is 37.6. The topological polar surface area (TPSA) is 101 Å². The third-order valence-electron chi connectivity index (χ3n) is 14.3. The van der Waals surface area contributed by atoms with E-state index in [4.69, 9.17) is 25.8 Å². The molecule has 8 atom stereocenters. The van der Waals surface area contributed by atoms with Gasteiger partial charge in [0.25, 0.3) is 5.91 Å². The van der Waals surface area contributed by atoms with Gasteiger partial charge in [0.2, 0.25) is 10.0 Å². The Morgan fingerprint density at radius 1 is 1.09 bits per heavy atom. The van der Waals surface area contributed by atoms with Gasteiger partial charge in [-0.25, -0.2) is 13.1 Å². The summed E-state index contributed by atoms with van der Waals surface area (Å²) in [6, 6.07) is 5.99. The standard InChI is InChI=1S/C43H61ClN4O6S/c1-4-21-54-43(28-46-17-19-47(20-18-46)36-25-52-26-36)16-5-7-30(2)31(3)55(50,51)45-41(49)33-10-14-40-39(23-33)48(24-34-9-12-38(34)43)27-42(29-53-40)15-6-8-32-22-35(44)11-13-37(32)42/h5,10-11,13-14,16,22-23,30-32,34,36-38H,4,6-9,12,15,17-21,24-29H2,1-3H3,(H,45,49)/b16-5+/t30-,31+,32?,34-,37?,38+,42-,43-/m0/s1. The summed E-state index contributed by atoms with van der Waals surface area (Å²) in [7, 11) is -3.96. The van der Waals surface area contributed by atoms with Crippen molar-refractivity contribution in [1.29, 1.82) is 0 Å². The lowest BCUT2D eigenvalue weighted by Crippen LogP contribution is -2.61. The van der Waals surface area contributed by atoms with E-state index < -0.39 is 26.8 Å². The van der Waals surface area contributed by atoms with Crippen molar-refractivity contribution < 1.29 is 27.4 Å². The number of hydrogen-bond donors (Lipinski definition) is 1. The van der Waals surface area contributed by atoms with Gasteiger partial charge in [-0.15, -0.1) is 0 Å².